The lowest BCUT2D eigenvalue weighted by Crippen LogP contribution is -2.35. The van der Waals surface area contributed by atoms with Crippen LogP contribution in [-0.4, -0.2) is 0 Å². The zero-order valence-electron chi connectivity index (χ0n) is 9.89. The highest BCUT2D eigenvalue weighted by Gasteiger charge is 2.58. The quantitative estimate of drug-likeness (QED) is 0.535. The average Bonchev–Trinajstić information content (AvgIpc) is 2.39. The van der Waals surface area contributed by atoms with Crippen molar-refractivity contribution in [2.75, 3.05) is 0 Å². The molecular formula is C14H8Br2F4. The van der Waals surface area contributed by atoms with Crippen LogP contribution in [0.5, 0.6) is 0 Å². The molecule has 0 aliphatic rings. The topological polar surface area (TPSA) is 0 Å². The fourth-order valence-electron chi connectivity index (χ4n) is 1.71. The van der Waals surface area contributed by atoms with Crippen molar-refractivity contribution < 1.29 is 17.6 Å². The maximum absolute atomic E-state index is 14.1. The van der Waals surface area contributed by atoms with E-state index in [1.165, 1.54) is 24.3 Å². The Kier molecular flexibility index (Phi) is 4.25. The van der Waals surface area contributed by atoms with Crippen LogP contribution in [0.1, 0.15) is 11.1 Å². The molecule has 2 aromatic rings. The maximum Gasteiger partial charge on any atom is 0.339 e. The summed E-state index contributed by atoms with van der Waals surface area (Å²) in [6, 6.07) is 9.35. The molecule has 2 aromatic carbocycles. The predicted molar refractivity (Wildman–Crippen MR) is 76.1 cm³/mol. The third-order valence-electron chi connectivity index (χ3n) is 2.79. The molecule has 2 rings (SSSR count). The van der Waals surface area contributed by atoms with Gasteiger partial charge in [0.15, 0.2) is 0 Å². The van der Waals surface area contributed by atoms with Crippen molar-refractivity contribution >= 4 is 31.9 Å². The predicted octanol–water partition coefficient (Wildman–Crippen LogP) is 6.10. The molecule has 0 N–H and O–H groups in total. The van der Waals surface area contributed by atoms with Crippen LogP contribution in [0.15, 0.2) is 57.5 Å². The van der Waals surface area contributed by atoms with Crippen LogP contribution < -0.4 is 0 Å². The summed E-state index contributed by atoms with van der Waals surface area (Å²) >= 11 is 6.08. The zero-order valence-corrected chi connectivity index (χ0v) is 13.1. The maximum atomic E-state index is 14.1. The minimum absolute atomic E-state index is 0.321. The number of rotatable bonds is 3. The molecule has 0 atom stereocenters. The van der Waals surface area contributed by atoms with Crippen LogP contribution in [-0.2, 0) is 11.8 Å². The van der Waals surface area contributed by atoms with E-state index in [2.05, 4.69) is 31.9 Å². The van der Waals surface area contributed by atoms with E-state index in [-0.39, 0.29) is 0 Å². The number of halogens is 6. The fourth-order valence-corrected chi connectivity index (χ4v) is 2.37. The van der Waals surface area contributed by atoms with Gasteiger partial charge in [-0.2, -0.15) is 17.6 Å². The molecule has 0 unspecified atom stereocenters. The van der Waals surface area contributed by atoms with Gasteiger partial charge in [-0.25, -0.2) is 0 Å². The van der Waals surface area contributed by atoms with Gasteiger partial charge in [-0.15, -0.1) is 0 Å². The molecule has 0 amide bonds. The van der Waals surface area contributed by atoms with E-state index in [1.807, 2.05) is 0 Å². The molecule has 0 heterocycles. The molecule has 0 aliphatic carbocycles. The van der Waals surface area contributed by atoms with E-state index in [9.17, 15) is 17.6 Å². The van der Waals surface area contributed by atoms with E-state index < -0.39 is 23.0 Å². The summed E-state index contributed by atoms with van der Waals surface area (Å²) < 4.78 is 57.3. The average molecular weight is 412 g/mol. The third-order valence-corrected chi connectivity index (χ3v) is 3.81. The van der Waals surface area contributed by atoms with Gasteiger partial charge in [0.1, 0.15) is 0 Å². The lowest BCUT2D eigenvalue weighted by atomic mass is 9.96. The molecule has 0 aliphatic heterocycles. The molecule has 0 fully saturated rings. The van der Waals surface area contributed by atoms with Crippen molar-refractivity contribution in [2.45, 2.75) is 11.8 Å². The number of hydrogen-bond donors (Lipinski definition) is 0. The van der Waals surface area contributed by atoms with Crippen LogP contribution in [0, 0.1) is 0 Å². The molecule has 0 bridgehead atoms. The summed E-state index contributed by atoms with van der Waals surface area (Å²) in [5.41, 5.74) is -1.47. The van der Waals surface area contributed by atoms with Gasteiger partial charge in [0.25, 0.3) is 0 Å². The molecule has 6 heteroatoms. The summed E-state index contributed by atoms with van der Waals surface area (Å²) in [6.45, 7) is 0. The Labute approximate surface area is 130 Å². The summed E-state index contributed by atoms with van der Waals surface area (Å²) in [5, 5.41) is 0. The Balaban J connectivity index is 2.48. The van der Waals surface area contributed by atoms with E-state index in [1.54, 1.807) is 0 Å². The first-order valence-electron chi connectivity index (χ1n) is 5.53. The van der Waals surface area contributed by atoms with Gasteiger partial charge in [-0.3, -0.25) is 0 Å². The standard InChI is InChI=1S/C14H8Br2F4/c15-11-6-4-9(5-7-11)13(17,18)14(19,20)10-2-1-3-12(16)8-10/h1-8H. The first-order valence-corrected chi connectivity index (χ1v) is 7.11. The molecule has 20 heavy (non-hydrogen) atoms. The molecule has 106 valence electrons. The van der Waals surface area contributed by atoms with Crippen LogP contribution in [0.2, 0.25) is 0 Å². The van der Waals surface area contributed by atoms with Crippen molar-refractivity contribution in [1.82, 2.24) is 0 Å². The Morgan fingerprint density at radius 1 is 0.650 bits per heavy atom. The third kappa shape index (κ3) is 2.76. The summed E-state index contributed by atoms with van der Waals surface area (Å²) in [6.07, 6.45) is 0. The summed E-state index contributed by atoms with van der Waals surface area (Å²) in [5.74, 6) is -8.60. The van der Waals surface area contributed by atoms with Gasteiger partial charge < -0.3 is 0 Å². The van der Waals surface area contributed by atoms with Gasteiger partial charge in [0.05, 0.1) is 0 Å². The molecule has 0 nitrogen and oxygen atoms in total. The first kappa shape index (κ1) is 15.5. The smallest absolute Gasteiger partial charge is 0.194 e. The number of alkyl halides is 4. The summed E-state index contributed by atoms with van der Waals surface area (Å²) in [4.78, 5) is 0. The van der Waals surface area contributed by atoms with E-state index >= 15 is 0 Å². The molecule has 0 saturated heterocycles. The van der Waals surface area contributed by atoms with E-state index in [0.717, 1.165) is 24.3 Å². The van der Waals surface area contributed by atoms with Gasteiger partial charge in [0, 0.05) is 20.1 Å². The minimum Gasteiger partial charge on any atom is -0.194 e. The molecule has 0 spiro atoms. The van der Waals surface area contributed by atoms with Gasteiger partial charge >= 0.3 is 11.8 Å². The first-order chi connectivity index (χ1) is 9.25. The number of hydrogen-bond acceptors (Lipinski definition) is 0. The molecule has 0 radical (unpaired) electrons. The van der Waals surface area contributed by atoms with Crippen molar-refractivity contribution in [3.63, 3.8) is 0 Å². The largest absolute Gasteiger partial charge is 0.339 e. The second-order valence-electron chi connectivity index (χ2n) is 4.17. The lowest BCUT2D eigenvalue weighted by Gasteiger charge is -2.27. The second kappa shape index (κ2) is 5.48. The monoisotopic (exact) mass is 410 g/mol. The Hall–Kier alpha value is -0.880. The zero-order chi connectivity index (χ0) is 15.0. The van der Waals surface area contributed by atoms with Crippen molar-refractivity contribution in [3.8, 4) is 0 Å². The fraction of sp³-hybridized carbons (Fsp3) is 0.143. The second-order valence-corrected chi connectivity index (χ2v) is 6.00. The molecule has 0 aromatic heterocycles. The molecular weight excluding hydrogens is 404 g/mol. The van der Waals surface area contributed by atoms with Crippen LogP contribution >= 0.6 is 31.9 Å². The van der Waals surface area contributed by atoms with Gasteiger partial charge in [-0.05, 0) is 24.3 Å². The SMILES string of the molecule is FC(F)(c1ccc(Br)cc1)C(F)(F)c1cccc(Br)c1. The summed E-state index contributed by atoms with van der Waals surface area (Å²) in [7, 11) is 0. The van der Waals surface area contributed by atoms with Crippen molar-refractivity contribution in [2.24, 2.45) is 0 Å². The highest BCUT2D eigenvalue weighted by Crippen LogP contribution is 2.49. The Morgan fingerprint density at radius 2 is 1.20 bits per heavy atom. The highest BCUT2D eigenvalue weighted by molar-refractivity contribution is 9.10. The lowest BCUT2D eigenvalue weighted by molar-refractivity contribution is -0.223. The Bertz CT molecular complexity index is 609. The normalized spacial score (nSPS) is 12.5. The Morgan fingerprint density at radius 3 is 1.75 bits per heavy atom. The minimum atomic E-state index is -4.30. The van der Waals surface area contributed by atoms with Crippen LogP contribution in [0.3, 0.4) is 0 Å². The highest BCUT2D eigenvalue weighted by atomic mass is 79.9. The van der Waals surface area contributed by atoms with Crippen LogP contribution in [0.4, 0.5) is 17.6 Å². The van der Waals surface area contributed by atoms with Gasteiger partial charge in [-0.1, -0.05) is 56.1 Å². The van der Waals surface area contributed by atoms with Crippen molar-refractivity contribution in [3.05, 3.63) is 68.6 Å². The van der Waals surface area contributed by atoms with Gasteiger partial charge in [0.2, 0.25) is 0 Å². The number of benzene rings is 2. The van der Waals surface area contributed by atoms with E-state index in [4.69, 9.17) is 0 Å². The van der Waals surface area contributed by atoms with Crippen LogP contribution in [0.25, 0.3) is 0 Å². The molecule has 0 saturated carbocycles. The van der Waals surface area contributed by atoms with E-state index in [0.29, 0.717) is 8.95 Å². The van der Waals surface area contributed by atoms with Crippen molar-refractivity contribution in [1.29, 1.82) is 0 Å².